The largest absolute Gasteiger partial charge is 0.543 e. The van der Waals surface area contributed by atoms with E-state index < -0.39 is 5.97 Å². The molecule has 0 aromatic rings. The maximum atomic E-state index is 9.90. The van der Waals surface area contributed by atoms with Gasteiger partial charge in [0.2, 0.25) is 0 Å². The van der Waals surface area contributed by atoms with Crippen LogP contribution in [0.5, 0.6) is 0 Å². The fourth-order valence-electron chi connectivity index (χ4n) is 0.150. The normalized spacial score (nSPS) is 8.14. The minimum atomic E-state index is -0.595. The van der Waals surface area contributed by atoms with Crippen molar-refractivity contribution in [1.82, 2.24) is 0 Å². The number of aliphatic hydroxyl groups is 1. The lowest BCUT2D eigenvalue weighted by atomic mass is 10.4. The molecule has 3 nitrogen and oxygen atoms in total. The maximum absolute atomic E-state index is 9.90. The molecule has 0 aliphatic rings. The smallest absolute Gasteiger partial charge is 0.378 e. The highest BCUT2D eigenvalue weighted by atomic mass is 16.5. The van der Waals surface area contributed by atoms with Gasteiger partial charge in [-0.3, -0.25) is 4.79 Å². The van der Waals surface area contributed by atoms with Gasteiger partial charge in [0.05, 0.1) is 13.0 Å². The summed E-state index contributed by atoms with van der Waals surface area (Å²) in [6.07, 6.45) is -0.0312. The molecular formula is C3H5BO3. The molecule has 38 valence electrons. The van der Waals surface area contributed by atoms with Crippen molar-refractivity contribution in [1.29, 1.82) is 0 Å². The third kappa shape index (κ3) is 3.32. The molecule has 0 saturated carbocycles. The van der Waals surface area contributed by atoms with Crippen LogP contribution in [-0.2, 0) is 9.45 Å². The zero-order valence-electron chi connectivity index (χ0n) is 3.76. The van der Waals surface area contributed by atoms with Crippen LogP contribution in [0, 0.1) is 0 Å². The molecular weight excluding hydrogens is 94.8 g/mol. The van der Waals surface area contributed by atoms with Crippen LogP contribution in [0.1, 0.15) is 6.42 Å². The van der Waals surface area contributed by atoms with E-state index in [0.29, 0.717) is 0 Å². The molecule has 0 bridgehead atoms. The summed E-state index contributed by atoms with van der Waals surface area (Å²) in [5.41, 5.74) is 0. The van der Waals surface area contributed by atoms with E-state index >= 15 is 0 Å². The quantitative estimate of drug-likeness (QED) is 0.452. The average molecular weight is 99.9 g/mol. The van der Waals surface area contributed by atoms with Gasteiger partial charge in [0, 0.05) is 0 Å². The van der Waals surface area contributed by atoms with Crippen molar-refractivity contribution in [3.63, 3.8) is 0 Å². The van der Waals surface area contributed by atoms with Crippen molar-refractivity contribution in [2.75, 3.05) is 6.61 Å². The molecule has 0 aliphatic heterocycles. The summed E-state index contributed by atoms with van der Waals surface area (Å²) in [4.78, 5) is 9.90. The topological polar surface area (TPSA) is 46.5 Å². The number of carbonyl (C=O) groups excluding carboxylic acids is 1. The van der Waals surface area contributed by atoms with Gasteiger partial charge in [-0.15, -0.1) is 0 Å². The first-order valence-electron chi connectivity index (χ1n) is 1.81. The minimum absolute atomic E-state index is 0.0312. The van der Waals surface area contributed by atoms with Crippen LogP contribution in [0.4, 0.5) is 0 Å². The van der Waals surface area contributed by atoms with Gasteiger partial charge in [0.1, 0.15) is 0 Å². The first kappa shape index (κ1) is 6.49. The Morgan fingerprint density at radius 2 is 2.43 bits per heavy atom. The molecule has 0 aliphatic carbocycles. The van der Waals surface area contributed by atoms with E-state index in [1.54, 1.807) is 0 Å². The molecule has 0 amide bonds. The van der Waals surface area contributed by atoms with E-state index in [2.05, 4.69) is 12.7 Å². The van der Waals surface area contributed by atoms with Gasteiger partial charge in [-0.2, -0.15) is 0 Å². The summed E-state index contributed by atoms with van der Waals surface area (Å²) in [7, 11) is 4.40. The molecule has 7 heavy (non-hydrogen) atoms. The highest BCUT2D eigenvalue weighted by Crippen LogP contribution is 1.77. The number of carbonyl (C=O) groups is 1. The van der Waals surface area contributed by atoms with E-state index in [1.807, 2.05) is 0 Å². The lowest BCUT2D eigenvalue weighted by Gasteiger charge is -1.91. The van der Waals surface area contributed by atoms with E-state index in [1.165, 1.54) is 0 Å². The van der Waals surface area contributed by atoms with Crippen LogP contribution in [0.2, 0.25) is 0 Å². The molecule has 0 unspecified atom stereocenters. The molecule has 0 rings (SSSR count). The van der Waals surface area contributed by atoms with Gasteiger partial charge >= 0.3 is 8.05 Å². The Balaban J connectivity index is 3.00. The van der Waals surface area contributed by atoms with Crippen LogP contribution in [0.3, 0.4) is 0 Å². The summed E-state index contributed by atoms with van der Waals surface area (Å²) in [5, 5.41) is 8.01. The van der Waals surface area contributed by atoms with Gasteiger partial charge in [-0.05, 0) is 0 Å². The second-order valence-electron chi connectivity index (χ2n) is 0.963. The first-order chi connectivity index (χ1) is 3.31. The molecule has 0 heterocycles. The standard InChI is InChI=1S/C3H5BO3/c4-7-3(6)1-2-5/h5H,1-2H2. The van der Waals surface area contributed by atoms with E-state index in [9.17, 15) is 4.79 Å². The van der Waals surface area contributed by atoms with Gasteiger partial charge < -0.3 is 9.76 Å². The van der Waals surface area contributed by atoms with Gasteiger partial charge in [-0.1, -0.05) is 0 Å². The SMILES string of the molecule is [B]OC(=O)CCO. The van der Waals surface area contributed by atoms with Crippen molar-refractivity contribution in [2.24, 2.45) is 0 Å². The molecule has 0 atom stereocenters. The second kappa shape index (κ2) is 3.68. The van der Waals surface area contributed by atoms with E-state index in [-0.39, 0.29) is 13.0 Å². The predicted molar refractivity (Wildman–Crippen MR) is 23.5 cm³/mol. The Hall–Kier alpha value is -0.505. The number of aliphatic hydroxyl groups excluding tert-OH is 1. The molecule has 4 heteroatoms. The van der Waals surface area contributed by atoms with Crippen LogP contribution in [0.15, 0.2) is 0 Å². The molecule has 2 radical (unpaired) electrons. The summed E-state index contributed by atoms with van der Waals surface area (Å²) < 4.78 is 3.69. The second-order valence-corrected chi connectivity index (χ2v) is 0.963. The highest BCUT2D eigenvalue weighted by molar-refractivity contribution is 6.05. The predicted octanol–water partition coefficient (Wildman–Crippen LogP) is -1.00. The zero-order valence-corrected chi connectivity index (χ0v) is 3.76. The zero-order chi connectivity index (χ0) is 5.70. The third-order valence-corrected chi connectivity index (χ3v) is 0.447. The van der Waals surface area contributed by atoms with Crippen LogP contribution < -0.4 is 0 Å². The average Bonchev–Trinajstić information content (AvgIpc) is 1.68. The fraction of sp³-hybridized carbons (Fsp3) is 0.667. The molecule has 0 aromatic heterocycles. The fourth-order valence-corrected chi connectivity index (χ4v) is 0.150. The molecule has 0 fully saturated rings. The van der Waals surface area contributed by atoms with Crippen LogP contribution in [-0.4, -0.2) is 25.7 Å². The van der Waals surface area contributed by atoms with E-state index in [4.69, 9.17) is 5.11 Å². The van der Waals surface area contributed by atoms with Gasteiger partial charge in [0.15, 0.2) is 0 Å². The Labute approximate surface area is 42.7 Å². The summed E-state index contributed by atoms with van der Waals surface area (Å²) >= 11 is 0. The lowest BCUT2D eigenvalue weighted by Crippen LogP contribution is -2.02. The molecule has 0 spiro atoms. The summed E-state index contributed by atoms with van der Waals surface area (Å²) in [5.74, 6) is -0.595. The highest BCUT2D eigenvalue weighted by Gasteiger charge is 1.93. The number of rotatable bonds is 2. The molecule has 0 aromatic carbocycles. The molecule has 1 N–H and O–H groups in total. The summed E-state index contributed by atoms with van der Waals surface area (Å²) in [6.45, 7) is -0.212. The van der Waals surface area contributed by atoms with Crippen molar-refractivity contribution in [3.05, 3.63) is 0 Å². The number of hydrogen-bond donors (Lipinski definition) is 1. The van der Waals surface area contributed by atoms with Crippen molar-refractivity contribution < 1.29 is 14.6 Å². The maximum Gasteiger partial charge on any atom is 0.378 e. The van der Waals surface area contributed by atoms with Crippen LogP contribution >= 0.6 is 0 Å². The van der Waals surface area contributed by atoms with Gasteiger partial charge in [0.25, 0.3) is 5.97 Å². The Bertz CT molecular complexity index is 63.2. The Kier molecular flexibility index (Phi) is 3.41. The van der Waals surface area contributed by atoms with Crippen LogP contribution in [0.25, 0.3) is 0 Å². The lowest BCUT2D eigenvalue weighted by molar-refractivity contribution is -0.134. The minimum Gasteiger partial charge on any atom is -0.543 e. The molecule has 0 saturated heterocycles. The number of hydrogen-bond acceptors (Lipinski definition) is 3. The van der Waals surface area contributed by atoms with Crippen molar-refractivity contribution in [3.8, 4) is 0 Å². The van der Waals surface area contributed by atoms with E-state index in [0.717, 1.165) is 0 Å². The van der Waals surface area contributed by atoms with Gasteiger partial charge in [-0.25, -0.2) is 0 Å². The first-order valence-corrected chi connectivity index (χ1v) is 1.81. The van der Waals surface area contributed by atoms with Crippen molar-refractivity contribution in [2.45, 2.75) is 6.42 Å². The third-order valence-electron chi connectivity index (χ3n) is 0.447. The Morgan fingerprint density at radius 3 is 2.57 bits per heavy atom. The summed E-state index contributed by atoms with van der Waals surface area (Å²) in [6, 6.07) is 0. The monoisotopic (exact) mass is 100 g/mol. The Morgan fingerprint density at radius 1 is 1.86 bits per heavy atom. The van der Waals surface area contributed by atoms with Crippen molar-refractivity contribution >= 4 is 14.0 Å².